The summed E-state index contributed by atoms with van der Waals surface area (Å²) in [7, 11) is -1.73. The van der Waals surface area contributed by atoms with Crippen molar-refractivity contribution in [1.29, 1.82) is 0 Å². The van der Waals surface area contributed by atoms with Crippen molar-refractivity contribution in [2.24, 2.45) is 0 Å². The molecule has 6 nitrogen and oxygen atoms in total. The van der Waals surface area contributed by atoms with Crippen LogP contribution in [0.15, 0.2) is 0 Å². The predicted molar refractivity (Wildman–Crippen MR) is 65.3 cm³/mol. The molecule has 0 aromatic carbocycles. The van der Waals surface area contributed by atoms with E-state index in [0.717, 1.165) is 0 Å². The third kappa shape index (κ3) is 9.49. The second-order valence-electron chi connectivity index (χ2n) is 3.35. The summed E-state index contributed by atoms with van der Waals surface area (Å²) in [4.78, 5) is 0. The smallest absolute Gasteiger partial charge is 0.211 e. The molecule has 17 heavy (non-hydrogen) atoms. The van der Waals surface area contributed by atoms with Crippen LogP contribution in [0.3, 0.4) is 0 Å². The Kier molecular flexibility index (Phi) is 9.66. The molecular weight excluding hydrogens is 246 g/mol. The maximum absolute atomic E-state index is 11.5. The van der Waals surface area contributed by atoms with Crippen molar-refractivity contribution >= 4 is 10.0 Å². The Balaban J connectivity index is 3.95. The van der Waals surface area contributed by atoms with Crippen LogP contribution in [0.25, 0.3) is 0 Å². The summed E-state index contributed by atoms with van der Waals surface area (Å²) < 4.78 is 40.8. The minimum absolute atomic E-state index is 0.0474. The summed E-state index contributed by atoms with van der Waals surface area (Å²) in [6.07, 6.45) is -0.0537. The molecule has 0 heterocycles. The van der Waals surface area contributed by atoms with Crippen molar-refractivity contribution in [3.8, 4) is 0 Å². The topological polar surface area (TPSA) is 73.9 Å². The minimum Gasteiger partial charge on any atom is -0.385 e. The van der Waals surface area contributed by atoms with Gasteiger partial charge in [-0.2, -0.15) is 0 Å². The molecule has 0 aliphatic heterocycles. The number of nitrogens with one attached hydrogen (secondary N) is 1. The Hall–Kier alpha value is -0.210. The van der Waals surface area contributed by atoms with Crippen LogP contribution in [-0.2, 0) is 24.2 Å². The minimum atomic E-state index is -3.28. The zero-order valence-electron chi connectivity index (χ0n) is 10.8. The third-order valence-electron chi connectivity index (χ3n) is 1.94. The first-order valence-electron chi connectivity index (χ1n) is 5.75. The number of rotatable bonds is 11. The summed E-state index contributed by atoms with van der Waals surface area (Å²) in [5.74, 6) is 0.0474. The first-order chi connectivity index (χ1) is 8.05. The van der Waals surface area contributed by atoms with Crippen molar-refractivity contribution in [1.82, 2.24) is 4.72 Å². The Labute approximate surface area is 104 Å². The molecule has 0 amide bonds. The molecule has 0 unspecified atom stereocenters. The van der Waals surface area contributed by atoms with Gasteiger partial charge >= 0.3 is 0 Å². The van der Waals surface area contributed by atoms with E-state index in [9.17, 15) is 8.42 Å². The Morgan fingerprint density at radius 3 is 2.24 bits per heavy atom. The van der Waals surface area contributed by atoms with E-state index < -0.39 is 16.3 Å². The highest BCUT2D eigenvalue weighted by Gasteiger charge is 2.14. The largest absolute Gasteiger partial charge is 0.385 e. The number of hydrogen-bond acceptors (Lipinski definition) is 5. The van der Waals surface area contributed by atoms with Gasteiger partial charge in [0.2, 0.25) is 10.0 Å². The van der Waals surface area contributed by atoms with Crippen LogP contribution >= 0.6 is 0 Å². The highest BCUT2D eigenvalue weighted by molar-refractivity contribution is 7.89. The van der Waals surface area contributed by atoms with Crippen LogP contribution in [0.2, 0.25) is 0 Å². The summed E-state index contributed by atoms with van der Waals surface area (Å²) in [6.45, 7) is 5.20. The van der Waals surface area contributed by atoms with Gasteiger partial charge in [-0.3, -0.25) is 0 Å². The fraction of sp³-hybridized carbons (Fsp3) is 1.00. The lowest BCUT2D eigenvalue weighted by atomic mass is 10.5. The lowest BCUT2D eigenvalue weighted by molar-refractivity contribution is -0.130. The van der Waals surface area contributed by atoms with E-state index in [4.69, 9.17) is 14.2 Å². The van der Waals surface area contributed by atoms with E-state index in [1.807, 2.05) is 13.8 Å². The second kappa shape index (κ2) is 9.78. The van der Waals surface area contributed by atoms with Gasteiger partial charge in [0.15, 0.2) is 6.29 Å². The third-order valence-corrected chi connectivity index (χ3v) is 3.37. The van der Waals surface area contributed by atoms with Crippen molar-refractivity contribution in [2.45, 2.75) is 26.6 Å². The van der Waals surface area contributed by atoms with Crippen LogP contribution in [0, 0.1) is 0 Å². The molecule has 0 aromatic heterocycles. The van der Waals surface area contributed by atoms with Crippen LogP contribution in [0.1, 0.15) is 20.3 Å². The van der Waals surface area contributed by atoms with Gasteiger partial charge in [0.1, 0.15) is 0 Å². The quantitative estimate of drug-likeness (QED) is 0.432. The fourth-order valence-corrected chi connectivity index (χ4v) is 2.23. The monoisotopic (exact) mass is 269 g/mol. The Morgan fingerprint density at radius 2 is 1.76 bits per heavy atom. The lowest BCUT2D eigenvalue weighted by Gasteiger charge is -2.17. The van der Waals surface area contributed by atoms with E-state index in [2.05, 4.69) is 4.72 Å². The molecule has 0 spiro atoms. The van der Waals surface area contributed by atoms with Gasteiger partial charge in [-0.05, 0) is 20.3 Å². The van der Waals surface area contributed by atoms with Crippen molar-refractivity contribution in [3.63, 3.8) is 0 Å². The molecule has 0 aliphatic rings. The van der Waals surface area contributed by atoms with Crippen LogP contribution in [0.5, 0.6) is 0 Å². The first-order valence-corrected chi connectivity index (χ1v) is 7.40. The van der Waals surface area contributed by atoms with Crippen LogP contribution in [-0.4, -0.2) is 53.9 Å². The van der Waals surface area contributed by atoms with Crippen LogP contribution < -0.4 is 4.72 Å². The molecule has 104 valence electrons. The zero-order chi connectivity index (χ0) is 13.1. The molecule has 0 fully saturated rings. The molecular formula is C10H23NO5S. The normalized spacial score (nSPS) is 12.2. The van der Waals surface area contributed by atoms with Gasteiger partial charge in [-0.1, -0.05) is 0 Å². The number of hydrogen-bond donors (Lipinski definition) is 1. The molecule has 0 aliphatic carbocycles. The molecule has 0 atom stereocenters. The summed E-state index contributed by atoms with van der Waals surface area (Å²) >= 11 is 0. The van der Waals surface area contributed by atoms with Gasteiger partial charge in [0.05, 0.1) is 12.3 Å². The van der Waals surface area contributed by atoms with Crippen molar-refractivity contribution in [2.75, 3.05) is 39.2 Å². The summed E-state index contributed by atoms with van der Waals surface area (Å²) in [5.41, 5.74) is 0. The lowest BCUT2D eigenvalue weighted by Crippen LogP contribution is -2.36. The molecule has 0 radical (unpaired) electrons. The number of methoxy groups -OCH3 is 1. The average molecular weight is 269 g/mol. The van der Waals surface area contributed by atoms with Gasteiger partial charge in [0, 0.05) is 26.9 Å². The van der Waals surface area contributed by atoms with E-state index in [-0.39, 0.29) is 12.3 Å². The Bertz CT molecular complexity index is 262. The maximum Gasteiger partial charge on any atom is 0.211 e. The van der Waals surface area contributed by atoms with E-state index in [1.165, 1.54) is 0 Å². The van der Waals surface area contributed by atoms with Crippen LogP contribution in [0.4, 0.5) is 0 Å². The molecule has 0 saturated carbocycles. The first kappa shape index (κ1) is 16.8. The maximum atomic E-state index is 11.5. The molecule has 0 rings (SSSR count). The van der Waals surface area contributed by atoms with E-state index in [0.29, 0.717) is 26.2 Å². The standard InChI is InChI=1S/C10H23NO5S/c1-4-15-10(16-5-2)9-11-17(12,13)8-6-7-14-3/h10-11H,4-9H2,1-3H3. The molecule has 0 saturated heterocycles. The van der Waals surface area contributed by atoms with Gasteiger partial charge in [0.25, 0.3) is 0 Å². The zero-order valence-corrected chi connectivity index (χ0v) is 11.6. The fourth-order valence-electron chi connectivity index (χ4n) is 1.20. The summed E-state index contributed by atoms with van der Waals surface area (Å²) in [6, 6.07) is 0. The highest BCUT2D eigenvalue weighted by atomic mass is 32.2. The second-order valence-corrected chi connectivity index (χ2v) is 5.28. The average Bonchev–Trinajstić information content (AvgIpc) is 2.27. The molecule has 7 heteroatoms. The van der Waals surface area contributed by atoms with Crippen molar-refractivity contribution < 1.29 is 22.6 Å². The molecule has 0 aromatic rings. The SMILES string of the molecule is CCOC(CNS(=O)(=O)CCCOC)OCC. The predicted octanol–water partition coefficient (Wildman–Crippen LogP) is 0.341. The highest BCUT2D eigenvalue weighted by Crippen LogP contribution is 1.96. The van der Waals surface area contributed by atoms with Gasteiger partial charge in [-0.25, -0.2) is 13.1 Å². The van der Waals surface area contributed by atoms with Gasteiger partial charge in [-0.15, -0.1) is 0 Å². The molecule has 0 bridgehead atoms. The number of ether oxygens (including phenoxy) is 3. The Morgan fingerprint density at radius 1 is 1.18 bits per heavy atom. The molecule has 1 N–H and O–H groups in total. The van der Waals surface area contributed by atoms with E-state index in [1.54, 1.807) is 7.11 Å². The summed E-state index contributed by atoms with van der Waals surface area (Å²) in [5, 5.41) is 0. The van der Waals surface area contributed by atoms with E-state index >= 15 is 0 Å². The number of sulfonamides is 1. The van der Waals surface area contributed by atoms with Gasteiger partial charge < -0.3 is 14.2 Å². The van der Waals surface area contributed by atoms with Crippen molar-refractivity contribution in [3.05, 3.63) is 0 Å².